The summed E-state index contributed by atoms with van der Waals surface area (Å²) in [5.74, 6) is -0.643. The van der Waals surface area contributed by atoms with E-state index in [4.69, 9.17) is 9.84 Å². The minimum absolute atomic E-state index is 0.0269. The molecule has 0 heterocycles. The molecule has 0 aliphatic carbocycles. The molecule has 1 N–H and O–H groups in total. The third-order valence-electron chi connectivity index (χ3n) is 8.88. The Balaban J connectivity index is 3.97. The molecule has 0 aromatic carbocycles. The number of ether oxygens (including phenoxy) is 1. The van der Waals surface area contributed by atoms with Gasteiger partial charge in [0.25, 0.3) is 0 Å². The molecule has 0 aliphatic heterocycles. The highest BCUT2D eigenvalue weighted by Crippen LogP contribution is 2.19. The highest BCUT2D eigenvalue weighted by molar-refractivity contribution is 5.69. The minimum atomic E-state index is -0.670. The Hall–Kier alpha value is -1.84. The number of rotatable bonds is 36. The van der Waals surface area contributed by atoms with E-state index in [-0.39, 0.29) is 12.1 Å². The molecule has 4 nitrogen and oxygen atoms in total. The Labute approximate surface area is 286 Å². The Bertz CT molecular complexity index is 738. The van der Waals surface area contributed by atoms with Gasteiger partial charge in [0.05, 0.1) is 0 Å². The maximum atomic E-state index is 12.7. The summed E-state index contributed by atoms with van der Waals surface area (Å²) in [5, 5.41) is 8.69. The van der Waals surface area contributed by atoms with Gasteiger partial charge in [-0.3, -0.25) is 9.59 Å². The van der Waals surface area contributed by atoms with Gasteiger partial charge in [0.15, 0.2) is 0 Å². The van der Waals surface area contributed by atoms with Gasteiger partial charge < -0.3 is 9.84 Å². The topological polar surface area (TPSA) is 63.6 Å². The van der Waals surface area contributed by atoms with Crippen molar-refractivity contribution in [2.24, 2.45) is 0 Å². The van der Waals surface area contributed by atoms with Crippen LogP contribution in [0, 0.1) is 0 Å². The lowest BCUT2D eigenvalue weighted by atomic mass is 10.0. The molecule has 0 spiro atoms. The lowest BCUT2D eigenvalue weighted by Gasteiger charge is -2.18. The van der Waals surface area contributed by atoms with Crippen molar-refractivity contribution in [1.29, 1.82) is 0 Å². The summed E-state index contributed by atoms with van der Waals surface area (Å²) in [6.07, 6.45) is 48.9. The van der Waals surface area contributed by atoms with Gasteiger partial charge in [-0.1, -0.05) is 166 Å². The van der Waals surface area contributed by atoms with Crippen LogP contribution in [0.25, 0.3) is 0 Å². The number of carbonyl (C=O) groups excluding carboxylic acids is 1. The average Bonchev–Trinajstić information content (AvgIpc) is 3.04. The highest BCUT2D eigenvalue weighted by atomic mass is 16.5. The van der Waals surface area contributed by atoms with Gasteiger partial charge in [-0.25, -0.2) is 0 Å². The summed E-state index contributed by atoms with van der Waals surface area (Å²) in [5.41, 5.74) is 0. The first kappa shape index (κ1) is 44.2. The van der Waals surface area contributed by atoms with E-state index in [1.165, 1.54) is 122 Å². The van der Waals surface area contributed by atoms with Gasteiger partial charge in [-0.15, -0.1) is 0 Å². The monoisotopic (exact) mass is 645 g/mol. The molecule has 268 valence electrons. The molecule has 46 heavy (non-hydrogen) atoms. The maximum Gasteiger partial charge on any atom is 0.306 e. The van der Waals surface area contributed by atoms with Crippen LogP contribution in [0.2, 0.25) is 0 Å². The van der Waals surface area contributed by atoms with Crippen molar-refractivity contribution in [1.82, 2.24) is 0 Å². The van der Waals surface area contributed by atoms with Gasteiger partial charge in [-0.2, -0.15) is 0 Å². The van der Waals surface area contributed by atoms with E-state index in [0.29, 0.717) is 12.8 Å². The number of hydrogen-bond acceptors (Lipinski definition) is 3. The Morgan fingerprint density at radius 2 is 0.913 bits per heavy atom. The zero-order valence-electron chi connectivity index (χ0n) is 30.6. The number of allylic oxidation sites excluding steroid dienone is 6. The lowest BCUT2D eigenvalue weighted by Crippen LogP contribution is -2.18. The fourth-order valence-electron chi connectivity index (χ4n) is 5.96. The molecule has 0 aliphatic rings. The molecule has 0 bridgehead atoms. The summed E-state index contributed by atoms with van der Waals surface area (Å²) < 4.78 is 6.03. The number of unbranched alkanes of at least 4 members (excludes halogenated alkanes) is 21. The number of aliphatic carboxylic acids is 1. The van der Waals surface area contributed by atoms with Crippen molar-refractivity contribution in [3.63, 3.8) is 0 Å². The number of carbonyl (C=O) groups is 2. The Kier molecular flexibility index (Phi) is 36.1. The van der Waals surface area contributed by atoms with Crippen LogP contribution in [0.15, 0.2) is 36.5 Å². The number of hydrogen-bond donors (Lipinski definition) is 1. The Morgan fingerprint density at radius 3 is 1.41 bits per heavy atom. The van der Waals surface area contributed by atoms with Crippen molar-refractivity contribution in [2.75, 3.05) is 0 Å². The van der Waals surface area contributed by atoms with Crippen LogP contribution < -0.4 is 0 Å². The van der Waals surface area contributed by atoms with Crippen LogP contribution in [0.5, 0.6) is 0 Å². The molecule has 1 atom stereocenters. The van der Waals surface area contributed by atoms with E-state index in [0.717, 1.165) is 64.2 Å². The van der Waals surface area contributed by atoms with Gasteiger partial charge in [0.1, 0.15) is 6.10 Å². The van der Waals surface area contributed by atoms with Crippen molar-refractivity contribution < 1.29 is 19.4 Å². The highest BCUT2D eigenvalue weighted by Gasteiger charge is 2.14. The second kappa shape index (κ2) is 37.6. The van der Waals surface area contributed by atoms with Crippen LogP contribution in [-0.4, -0.2) is 23.1 Å². The quantitative estimate of drug-likeness (QED) is 0.0419. The molecular weight excluding hydrogens is 568 g/mol. The molecule has 0 rings (SSSR count). The van der Waals surface area contributed by atoms with Crippen LogP contribution in [0.3, 0.4) is 0 Å². The summed E-state index contributed by atoms with van der Waals surface area (Å²) in [6, 6.07) is 0. The number of carboxylic acid groups (broad SMARTS) is 1. The molecular formula is C42H76O4. The third-order valence-corrected chi connectivity index (χ3v) is 8.88. The molecule has 0 amide bonds. The molecule has 4 heteroatoms. The van der Waals surface area contributed by atoms with Crippen LogP contribution in [0.1, 0.15) is 213 Å². The van der Waals surface area contributed by atoms with Gasteiger partial charge >= 0.3 is 11.9 Å². The second-order valence-electron chi connectivity index (χ2n) is 13.4. The predicted molar refractivity (Wildman–Crippen MR) is 199 cm³/mol. The van der Waals surface area contributed by atoms with Crippen LogP contribution >= 0.6 is 0 Å². The van der Waals surface area contributed by atoms with Crippen LogP contribution in [-0.2, 0) is 14.3 Å². The zero-order chi connectivity index (χ0) is 33.6. The molecule has 0 aromatic rings. The first-order chi connectivity index (χ1) is 22.6. The molecule has 0 radical (unpaired) electrons. The van der Waals surface area contributed by atoms with E-state index in [1.54, 1.807) is 0 Å². The standard InChI is InChI=1S/C42H76O4/c1-3-5-7-9-11-12-13-14-15-16-21-24-27-31-35-39-42(45)46-40(36-32-28-10-8-6-4-2)37-33-29-25-22-19-17-18-20-23-26-30-34-38-41(43)44/h5,7,11-12,14-15,40H,3-4,6,8-10,13,16-39H2,1-2H3,(H,43,44)/b7-5-,12-11-,15-14-. The molecule has 0 saturated carbocycles. The smallest absolute Gasteiger partial charge is 0.306 e. The zero-order valence-corrected chi connectivity index (χ0v) is 30.6. The summed E-state index contributed by atoms with van der Waals surface area (Å²) >= 11 is 0. The number of carboxylic acids is 1. The summed E-state index contributed by atoms with van der Waals surface area (Å²) in [6.45, 7) is 4.43. The van der Waals surface area contributed by atoms with E-state index in [1.807, 2.05) is 0 Å². The second-order valence-corrected chi connectivity index (χ2v) is 13.4. The first-order valence-electron chi connectivity index (χ1n) is 20.0. The molecule has 0 saturated heterocycles. The fourth-order valence-corrected chi connectivity index (χ4v) is 5.96. The Morgan fingerprint density at radius 1 is 0.500 bits per heavy atom. The van der Waals surface area contributed by atoms with E-state index in [9.17, 15) is 9.59 Å². The van der Waals surface area contributed by atoms with Crippen molar-refractivity contribution in [3.05, 3.63) is 36.5 Å². The van der Waals surface area contributed by atoms with Crippen molar-refractivity contribution in [3.8, 4) is 0 Å². The van der Waals surface area contributed by atoms with Gasteiger partial charge in [0.2, 0.25) is 0 Å². The lowest BCUT2D eigenvalue weighted by molar-refractivity contribution is -0.150. The summed E-state index contributed by atoms with van der Waals surface area (Å²) in [7, 11) is 0. The van der Waals surface area contributed by atoms with Crippen molar-refractivity contribution in [2.45, 2.75) is 219 Å². The average molecular weight is 645 g/mol. The fraction of sp³-hybridized carbons (Fsp3) is 0.810. The largest absolute Gasteiger partial charge is 0.481 e. The van der Waals surface area contributed by atoms with Gasteiger partial charge in [0, 0.05) is 12.8 Å². The summed E-state index contributed by atoms with van der Waals surface area (Å²) in [4.78, 5) is 23.2. The van der Waals surface area contributed by atoms with E-state index < -0.39 is 5.97 Å². The predicted octanol–water partition coefficient (Wildman–Crippen LogP) is 13.8. The number of esters is 1. The molecule has 1 unspecified atom stereocenters. The normalized spacial score (nSPS) is 12.6. The van der Waals surface area contributed by atoms with Crippen molar-refractivity contribution >= 4 is 11.9 Å². The van der Waals surface area contributed by atoms with Gasteiger partial charge in [-0.05, 0) is 70.6 Å². The molecule has 0 fully saturated rings. The van der Waals surface area contributed by atoms with E-state index >= 15 is 0 Å². The van der Waals surface area contributed by atoms with Crippen LogP contribution in [0.4, 0.5) is 0 Å². The van der Waals surface area contributed by atoms with E-state index in [2.05, 4.69) is 50.3 Å². The SMILES string of the molecule is CC/C=C\C/C=C\C/C=C\CCCCCCCC(=O)OC(CCCCCCCC)CCCCCCCCCCCCCCC(=O)O. The maximum absolute atomic E-state index is 12.7. The first-order valence-corrected chi connectivity index (χ1v) is 20.0. The minimum Gasteiger partial charge on any atom is -0.481 e. The third kappa shape index (κ3) is 36.6. The molecule has 0 aromatic heterocycles.